The number of aromatic nitrogens is 2. The number of benzene rings is 3. The molecule has 1 spiro atoms. The molecule has 11 nitrogen and oxygen atoms in total. The molecule has 1 aliphatic carbocycles. The van der Waals surface area contributed by atoms with Gasteiger partial charge in [0.25, 0.3) is 16.0 Å². The van der Waals surface area contributed by atoms with Crippen molar-refractivity contribution in [2.45, 2.75) is 46.1 Å². The molecule has 0 atom stereocenters. The van der Waals surface area contributed by atoms with Crippen LogP contribution in [0.1, 0.15) is 52.7 Å². The van der Waals surface area contributed by atoms with Gasteiger partial charge in [-0.1, -0.05) is 36.4 Å². The quantitative estimate of drug-likeness (QED) is 0.167. The molecule has 246 valence electrons. The maximum absolute atomic E-state index is 13.7. The molecule has 2 heterocycles. The number of nitrogens with zero attached hydrogens (tertiary/aromatic N) is 3. The van der Waals surface area contributed by atoms with Crippen molar-refractivity contribution in [1.82, 2.24) is 15.1 Å². The monoisotopic (exact) mass is 658 g/mol. The van der Waals surface area contributed by atoms with Gasteiger partial charge in [0.05, 0.1) is 31.6 Å². The van der Waals surface area contributed by atoms with Crippen LogP contribution in [0.25, 0.3) is 11.1 Å². The molecule has 1 saturated carbocycles. The minimum atomic E-state index is -4.33. The zero-order chi connectivity index (χ0) is 33.2. The van der Waals surface area contributed by atoms with Gasteiger partial charge in [0.2, 0.25) is 5.91 Å². The van der Waals surface area contributed by atoms with Crippen LogP contribution in [0.4, 0.5) is 5.69 Å². The van der Waals surface area contributed by atoms with Gasteiger partial charge in [0.15, 0.2) is 5.75 Å². The van der Waals surface area contributed by atoms with Crippen LogP contribution in [-0.2, 0) is 21.5 Å². The van der Waals surface area contributed by atoms with E-state index in [9.17, 15) is 18.0 Å². The van der Waals surface area contributed by atoms with Crippen molar-refractivity contribution in [3.8, 4) is 22.6 Å². The summed E-state index contributed by atoms with van der Waals surface area (Å²) < 4.78 is 45.1. The molecule has 1 aliphatic heterocycles. The Labute approximate surface area is 274 Å². The molecule has 0 radical (unpaired) electrons. The maximum Gasteiger partial charge on any atom is 0.283 e. The Morgan fingerprint density at radius 2 is 1.87 bits per heavy atom. The summed E-state index contributed by atoms with van der Waals surface area (Å²) in [5.41, 5.74) is 5.69. The number of nitrogens with one attached hydrogen (secondary N) is 1. The summed E-state index contributed by atoms with van der Waals surface area (Å²) in [5, 5.41) is 6.73. The number of para-hydroxylation sites is 1. The number of hydrogen-bond donors (Lipinski definition) is 2. The predicted octanol–water partition coefficient (Wildman–Crippen LogP) is 5.16. The van der Waals surface area contributed by atoms with Gasteiger partial charge in [-0.3, -0.25) is 18.8 Å². The molecule has 1 fully saturated rings. The first-order chi connectivity index (χ1) is 22.5. The van der Waals surface area contributed by atoms with Crippen LogP contribution in [0, 0.1) is 19.3 Å². The van der Waals surface area contributed by atoms with E-state index < -0.39 is 21.9 Å². The summed E-state index contributed by atoms with van der Waals surface area (Å²) in [5.74, 6) is 0.0707. The Morgan fingerprint density at radius 1 is 1.09 bits per heavy atom. The van der Waals surface area contributed by atoms with E-state index in [1.165, 1.54) is 5.56 Å². The number of anilines is 1. The molecule has 0 saturated heterocycles. The Balaban J connectivity index is 1.16. The third kappa shape index (κ3) is 7.66. The fourth-order valence-electron chi connectivity index (χ4n) is 5.78. The molecule has 0 unspecified atom stereocenters. The van der Waals surface area contributed by atoms with Crippen LogP contribution in [0.3, 0.4) is 0 Å². The van der Waals surface area contributed by atoms with E-state index in [4.69, 9.17) is 14.0 Å². The van der Waals surface area contributed by atoms with E-state index in [-0.39, 0.29) is 16.9 Å². The molecule has 2 aliphatic rings. The molecule has 2 N–H and O–H groups in total. The molecule has 4 aromatic rings. The predicted molar refractivity (Wildman–Crippen MR) is 177 cm³/mol. The summed E-state index contributed by atoms with van der Waals surface area (Å²) in [6.07, 6.45) is 6.62. The van der Waals surface area contributed by atoms with Crippen LogP contribution in [0.5, 0.6) is 11.5 Å². The Hall–Kier alpha value is -4.68. The number of fused-ring (bicyclic) bond motifs is 1. The molecule has 1 aromatic heterocycles. The average Bonchev–Trinajstić information content (AvgIpc) is 3.71. The lowest BCUT2D eigenvalue weighted by atomic mass is 10.1. The van der Waals surface area contributed by atoms with Crippen molar-refractivity contribution in [3.63, 3.8) is 0 Å². The van der Waals surface area contributed by atoms with Gasteiger partial charge in [-0.25, -0.2) is 0 Å². The van der Waals surface area contributed by atoms with Gasteiger partial charge in [0, 0.05) is 41.3 Å². The summed E-state index contributed by atoms with van der Waals surface area (Å²) in [6.45, 7) is 6.06. The Bertz CT molecular complexity index is 1920. The fraction of sp³-hybridized carbons (Fsp3) is 0.343. The standard InChI is InChI=1S/C35H38N4O7S/c1-24-7-3-12-31(25(24)2)45-16-6-13-32(40)39-21-35(14-15-35)22-46-33-29(10-5-11-30(33)39)28-18-37-38(20-28)19-26-8-4-9-27(17-26)34(41)36-23-47(42,43)44/h3-5,7-12,17-18,20H,6,13-16,19,21-23H2,1-2H3,(H,36,41)(H,42,43,44). The maximum atomic E-state index is 13.7. The van der Waals surface area contributed by atoms with E-state index >= 15 is 0 Å². The van der Waals surface area contributed by atoms with Crippen molar-refractivity contribution in [1.29, 1.82) is 0 Å². The number of aryl methyl sites for hydroxylation is 1. The molecule has 12 heteroatoms. The van der Waals surface area contributed by atoms with Crippen molar-refractivity contribution >= 4 is 27.6 Å². The zero-order valence-corrected chi connectivity index (χ0v) is 27.3. The minimum Gasteiger partial charge on any atom is -0.493 e. The Morgan fingerprint density at radius 3 is 2.66 bits per heavy atom. The third-order valence-corrected chi connectivity index (χ3v) is 9.31. The van der Waals surface area contributed by atoms with Crippen LogP contribution >= 0.6 is 0 Å². The molecule has 2 amide bonds. The van der Waals surface area contributed by atoms with Crippen LogP contribution in [0.2, 0.25) is 0 Å². The smallest absolute Gasteiger partial charge is 0.283 e. The first kappa shape index (κ1) is 32.3. The second kappa shape index (κ2) is 13.2. The van der Waals surface area contributed by atoms with E-state index in [2.05, 4.69) is 23.4 Å². The lowest BCUT2D eigenvalue weighted by Crippen LogP contribution is -2.36. The third-order valence-electron chi connectivity index (χ3n) is 8.80. The van der Waals surface area contributed by atoms with Crippen molar-refractivity contribution in [2.75, 3.05) is 30.5 Å². The number of hydrogen-bond acceptors (Lipinski definition) is 7. The molecule has 3 aromatic carbocycles. The molecular weight excluding hydrogens is 620 g/mol. The lowest BCUT2D eigenvalue weighted by Gasteiger charge is -2.25. The molecule has 0 bridgehead atoms. The highest BCUT2D eigenvalue weighted by molar-refractivity contribution is 7.85. The highest BCUT2D eigenvalue weighted by Crippen LogP contribution is 2.52. The second-order valence-electron chi connectivity index (χ2n) is 12.4. The first-order valence-corrected chi connectivity index (χ1v) is 17.2. The number of rotatable bonds is 11. The van der Waals surface area contributed by atoms with Crippen molar-refractivity contribution in [3.05, 3.63) is 95.3 Å². The highest BCUT2D eigenvalue weighted by atomic mass is 32.2. The van der Waals surface area contributed by atoms with Crippen molar-refractivity contribution < 1.29 is 32.0 Å². The first-order valence-electron chi connectivity index (χ1n) is 15.6. The number of amides is 2. The van der Waals surface area contributed by atoms with E-state index in [1.54, 1.807) is 29.1 Å². The largest absolute Gasteiger partial charge is 0.493 e. The zero-order valence-electron chi connectivity index (χ0n) is 26.4. The molecule has 47 heavy (non-hydrogen) atoms. The van der Waals surface area contributed by atoms with Crippen molar-refractivity contribution in [2.24, 2.45) is 5.41 Å². The fourth-order valence-corrected chi connectivity index (χ4v) is 6.09. The van der Waals surface area contributed by atoms with Crippen LogP contribution in [0.15, 0.2) is 73.1 Å². The lowest BCUT2D eigenvalue weighted by molar-refractivity contribution is -0.119. The van der Waals surface area contributed by atoms with Gasteiger partial charge < -0.3 is 19.7 Å². The highest BCUT2D eigenvalue weighted by Gasteiger charge is 2.48. The second-order valence-corrected chi connectivity index (χ2v) is 13.9. The van der Waals surface area contributed by atoms with E-state index in [1.807, 2.05) is 54.4 Å². The molecular formula is C35H38N4O7S. The molecule has 6 rings (SSSR count). The summed E-state index contributed by atoms with van der Waals surface area (Å²) in [4.78, 5) is 28.0. The van der Waals surface area contributed by atoms with Crippen LogP contribution < -0.4 is 19.7 Å². The number of carbonyl (C=O) groups is 2. The van der Waals surface area contributed by atoms with Gasteiger partial charge in [0.1, 0.15) is 11.6 Å². The Kier molecular flexibility index (Phi) is 9.07. The summed E-state index contributed by atoms with van der Waals surface area (Å²) in [7, 11) is -4.33. The van der Waals surface area contributed by atoms with Gasteiger partial charge in [-0.2, -0.15) is 13.5 Å². The topological polar surface area (TPSA) is 140 Å². The van der Waals surface area contributed by atoms with E-state index in [0.29, 0.717) is 44.9 Å². The SMILES string of the molecule is Cc1cccc(OCCCC(=O)N2CC3(CC3)COc3c(-c4cnn(Cc5cccc(C(=O)NCS(=O)(=O)O)c5)c4)cccc32)c1C. The van der Waals surface area contributed by atoms with Gasteiger partial charge in [-0.15, -0.1) is 0 Å². The van der Waals surface area contributed by atoms with Gasteiger partial charge >= 0.3 is 0 Å². The number of carbonyl (C=O) groups excluding carboxylic acids is 2. The minimum absolute atomic E-state index is 0.0377. The van der Waals surface area contributed by atoms with E-state index in [0.717, 1.165) is 46.5 Å². The summed E-state index contributed by atoms with van der Waals surface area (Å²) in [6, 6.07) is 18.6. The number of ether oxygens (including phenoxy) is 2. The average molecular weight is 659 g/mol. The van der Waals surface area contributed by atoms with Gasteiger partial charge in [-0.05, 0) is 74.1 Å². The van der Waals surface area contributed by atoms with Crippen LogP contribution in [-0.4, -0.2) is 60.2 Å². The summed E-state index contributed by atoms with van der Waals surface area (Å²) >= 11 is 0. The normalized spacial score (nSPS) is 15.0.